The molecule has 0 saturated heterocycles. The molecule has 0 amide bonds. The molecule has 3 nitrogen and oxygen atoms in total. The molecule has 0 atom stereocenters. The van der Waals surface area contributed by atoms with Crippen molar-refractivity contribution in [3.05, 3.63) is 11.8 Å². The molecule has 68 valence electrons. The Kier molecular flexibility index (Phi) is 4.26. The molecule has 0 aromatic rings. The van der Waals surface area contributed by atoms with Gasteiger partial charge < -0.3 is 4.74 Å². The van der Waals surface area contributed by atoms with Crippen molar-refractivity contribution in [2.45, 2.75) is 20.8 Å². The van der Waals surface area contributed by atoms with Crippen molar-refractivity contribution >= 4 is 11.6 Å². The minimum Gasteiger partial charge on any atom is -0.493 e. The van der Waals surface area contributed by atoms with Crippen molar-refractivity contribution in [1.29, 1.82) is 0 Å². The third kappa shape index (κ3) is 3.32. The number of Topliss-reactive ketones (excluding diaryl/α,β-unsaturated/α-hetero) is 1. The van der Waals surface area contributed by atoms with Gasteiger partial charge in [0.15, 0.2) is 17.3 Å². The summed E-state index contributed by atoms with van der Waals surface area (Å²) in [5.74, 6) is -0.332. The fourth-order valence-corrected chi connectivity index (χ4v) is 0.700. The first kappa shape index (κ1) is 10.9. The molecule has 0 aliphatic heterocycles. The smallest absolute Gasteiger partial charge is 0.199 e. The SMILES string of the molecule is CO/C(=C/C(C)=O)C(=O)C(C)C. The number of hydrogen-bond donors (Lipinski definition) is 0. The zero-order valence-corrected chi connectivity index (χ0v) is 7.88. The molecule has 0 radical (unpaired) electrons. The minimum atomic E-state index is -0.180. The Morgan fingerprint density at radius 3 is 2.08 bits per heavy atom. The van der Waals surface area contributed by atoms with Gasteiger partial charge in [-0.2, -0.15) is 0 Å². The summed E-state index contributed by atoms with van der Waals surface area (Å²) in [7, 11) is 1.38. The fraction of sp³-hybridized carbons (Fsp3) is 0.556. The highest BCUT2D eigenvalue weighted by atomic mass is 16.5. The average Bonchev–Trinajstić information content (AvgIpc) is 1.98. The van der Waals surface area contributed by atoms with E-state index in [1.165, 1.54) is 20.1 Å². The summed E-state index contributed by atoms with van der Waals surface area (Å²) in [5, 5.41) is 0. The second kappa shape index (κ2) is 4.70. The predicted molar refractivity (Wildman–Crippen MR) is 45.6 cm³/mol. The number of methoxy groups -OCH3 is 1. The molecule has 0 rings (SSSR count). The quantitative estimate of drug-likeness (QED) is 0.472. The van der Waals surface area contributed by atoms with E-state index in [9.17, 15) is 9.59 Å². The van der Waals surface area contributed by atoms with Gasteiger partial charge >= 0.3 is 0 Å². The van der Waals surface area contributed by atoms with Gasteiger partial charge in [0.1, 0.15) is 0 Å². The van der Waals surface area contributed by atoms with Crippen LogP contribution in [0.25, 0.3) is 0 Å². The van der Waals surface area contributed by atoms with Gasteiger partial charge in [-0.1, -0.05) is 13.8 Å². The molecule has 0 bridgehead atoms. The van der Waals surface area contributed by atoms with E-state index in [4.69, 9.17) is 4.74 Å². The molecule has 3 heteroatoms. The number of allylic oxidation sites excluding steroid dienone is 2. The van der Waals surface area contributed by atoms with Crippen molar-refractivity contribution < 1.29 is 14.3 Å². The van der Waals surface area contributed by atoms with Crippen LogP contribution in [-0.4, -0.2) is 18.7 Å². The summed E-state index contributed by atoms with van der Waals surface area (Å²) in [6.07, 6.45) is 1.21. The molecule has 0 heterocycles. The van der Waals surface area contributed by atoms with Crippen LogP contribution in [0, 0.1) is 5.92 Å². The topological polar surface area (TPSA) is 43.4 Å². The Bertz CT molecular complexity index is 214. The molecule has 0 spiro atoms. The lowest BCUT2D eigenvalue weighted by atomic mass is 10.1. The van der Waals surface area contributed by atoms with Gasteiger partial charge in [-0.05, 0) is 6.92 Å². The van der Waals surface area contributed by atoms with Crippen molar-refractivity contribution in [3.63, 3.8) is 0 Å². The van der Waals surface area contributed by atoms with E-state index in [0.717, 1.165) is 0 Å². The summed E-state index contributed by atoms with van der Waals surface area (Å²) in [4.78, 5) is 21.9. The molecule has 0 aliphatic rings. The lowest BCUT2D eigenvalue weighted by molar-refractivity contribution is -0.122. The van der Waals surface area contributed by atoms with Crippen LogP contribution in [0.2, 0.25) is 0 Å². The zero-order valence-electron chi connectivity index (χ0n) is 7.88. The van der Waals surface area contributed by atoms with Crippen molar-refractivity contribution in [1.82, 2.24) is 0 Å². The lowest BCUT2D eigenvalue weighted by Crippen LogP contribution is -2.12. The van der Waals surface area contributed by atoms with Gasteiger partial charge in [0, 0.05) is 12.0 Å². The van der Waals surface area contributed by atoms with Crippen molar-refractivity contribution in [3.8, 4) is 0 Å². The summed E-state index contributed by atoms with van der Waals surface area (Å²) < 4.78 is 4.77. The molecule has 0 aromatic heterocycles. The van der Waals surface area contributed by atoms with E-state index in [0.29, 0.717) is 0 Å². The molecular weight excluding hydrogens is 156 g/mol. The van der Waals surface area contributed by atoms with E-state index in [2.05, 4.69) is 0 Å². The summed E-state index contributed by atoms with van der Waals surface area (Å²) >= 11 is 0. The molecule has 0 N–H and O–H groups in total. The van der Waals surface area contributed by atoms with E-state index in [1.807, 2.05) is 0 Å². The first-order valence-electron chi connectivity index (χ1n) is 3.79. The second-order valence-electron chi connectivity index (χ2n) is 2.84. The zero-order chi connectivity index (χ0) is 9.72. The minimum absolute atomic E-state index is 0.137. The van der Waals surface area contributed by atoms with E-state index < -0.39 is 0 Å². The first-order valence-corrected chi connectivity index (χ1v) is 3.79. The Morgan fingerprint density at radius 1 is 1.33 bits per heavy atom. The Balaban J connectivity index is 4.56. The van der Waals surface area contributed by atoms with Crippen LogP contribution in [-0.2, 0) is 14.3 Å². The van der Waals surface area contributed by atoms with E-state index in [-0.39, 0.29) is 23.2 Å². The summed E-state index contributed by atoms with van der Waals surface area (Å²) in [6.45, 7) is 4.90. The highest BCUT2D eigenvalue weighted by Crippen LogP contribution is 2.06. The van der Waals surface area contributed by atoms with Crippen LogP contribution in [0.5, 0.6) is 0 Å². The maximum absolute atomic E-state index is 11.3. The van der Waals surface area contributed by atoms with Crippen LogP contribution in [0.15, 0.2) is 11.8 Å². The van der Waals surface area contributed by atoms with Crippen LogP contribution in [0.1, 0.15) is 20.8 Å². The number of rotatable bonds is 4. The Labute approximate surface area is 72.4 Å². The molecular formula is C9H14O3. The van der Waals surface area contributed by atoms with Gasteiger partial charge in [0.2, 0.25) is 0 Å². The number of ether oxygens (including phenoxy) is 1. The molecule has 0 fully saturated rings. The van der Waals surface area contributed by atoms with Gasteiger partial charge in [-0.3, -0.25) is 9.59 Å². The number of carbonyl (C=O) groups is 2. The van der Waals surface area contributed by atoms with Crippen molar-refractivity contribution in [2.75, 3.05) is 7.11 Å². The van der Waals surface area contributed by atoms with Crippen LogP contribution in [0.3, 0.4) is 0 Å². The number of ketones is 2. The van der Waals surface area contributed by atoms with Gasteiger partial charge in [-0.15, -0.1) is 0 Å². The average molecular weight is 170 g/mol. The maximum Gasteiger partial charge on any atom is 0.199 e. The molecule has 0 aliphatic carbocycles. The van der Waals surface area contributed by atoms with Crippen molar-refractivity contribution in [2.24, 2.45) is 5.92 Å². The molecule has 0 aromatic carbocycles. The molecule has 12 heavy (non-hydrogen) atoms. The third-order valence-electron chi connectivity index (χ3n) is 1.32. The molecule has 0 unspecified atom stereocenters. The molecule has 0 saturated carbocycles. The van der Waals surface area contributed by atoms with Crippen LogP contribution in [0.4, 0.5) is 0 Å². The van der Waals surface area contributed by atoms with E-state index >= 15 is 0 Å². The van der Waals surface area contributed by atoms with E-state index in [1.54, 1.807) is 13.8 Å². The predicted octanol–water partition coefficient (Wildman–Crippen LogP) is 1.33. The highest BCUT2D eigenvalue weighted by Gasteiger charge is 2.14. The first-order chi connectivity index (χ1) is 5.49. The highest BCUT2D eigenvalue weighted by molar-refractivity contribution is 6.01. The number of hydrogen-bond acceptors (Lipinski definition) is 3. The van der Waals surface area contributed by atoms with Gasteiger partial charge in [-0.25, -0.2) is 0 Å². The summed E-state index contributed by atoms with van der Waals surface area (Å²) in [5.41, 5.74) is 0. The monoisotopic (exact) mass is 170 g/mol. The van der Waals surface area contributed by atoms with Gasteiger partial charge in [0.05, 0.1) is 7.11 Å². The largest absolute Gasteiger partial charge is 0.493 e. The second-order valence-corrected chi connectivity index (χ2v) is 2.84. The Morgan fingerprint density at radius 2 is 1.83 bits per heavy atom. The normalized spacial score (nSPS) is 11.6. The maximum atomic E-state index is 11.3. The van der Waals surface area contributed by atoms with Crippen LogP contribution >= 0.6 is 0 Å². The Hall–Kier alpha value is -1.12. The fourth-order valence-electron chi connectivity index (χ4n) is 0.700. The summed E-state index contributed by atoms with van der Waals surface area (Å²) in [6, 6.07) is 0. The standard InChI is InChI=1S/C9H14O3/c1-6(2)9(11)8(12-4)5-7(3)10/h5-6H,1-4H3/b8-5+. The number of carbonyl (C=O) groups excluding carboxylic acids is 2. The third-order valence-corrected chi connectivity index (χ3v) is 1.32. The van der Waals surface area contributed by atoms with Gasteiger partial charge in [0.25, 0.3) is 0 Å². The lowest BCUT2D eigenvalue weighted by Gasteiger charge is -2.06. The van der Waals surface area contributed by atoms with Crippen LogP contribution < -0.4 is 0 Å².